The van der Waals surface area contributed by atoms with Crippen molar-refractivity contribution in [3.05, 3.63) is 0 Å². The Hall–Kier alpha value is -1.06. The highest BCUT2D eigenvalue weighted by Crippen LogP contribution is 2.21. The number of hydrogen-bond donors (Lipinski definition) is 0. The van der Waals surface area contributed by atoms with E-state index in [1.54, 1.807) is 19.0 Å². The van der Waals surface area contributed by atoms with Crippen LogP contribution in [0.4, 0.5) is 0 Å². The Balaban J connectivity index is 2.21. The van der Waals surface area contributed by atoms with Crippen molar-refractivity contribution in [2.75, 3.05) is 14.1 Å². The van der Waals surface area contributed by atoms with Crippen LogP contribution in [0.3, 0.4) is 0 Å². The molecule has 0 bridgehead atoms. The van der Waals surface area contributed by atoms with Crippen molar-refractivity contribution < 1.29 is 14.3 Å². The molecule has 0 aromatic heterocycles. The minimum atomic E-state index is -0.152. The number of carbonyl (C=O) groups is 2. The third-order valence-corrected chi connectivity index (χ3v) is 3.49. The molecule has 0 saturated heterocycles. The number of amides is 1. The lowest BCUT2D eigenvalue weighted by Crippen LogP contribution is -2.28. The Kier molecular flexibility index (Phi) is 6.16. The second-order valence-electron chi connectivity index (χ2n) is 5.42. The van der Waals surface area contributed by atoms with Gasteiger partial charge in [0.2, 0.25) is 5.91 Å². The summed E-state index contributed by atoms with van der Waals surface area (Å²) in [4.78, 5) is 24.8. The molecule has 0 aromatic carbocycles. The molecule has 1 aliphatic rings. The minimum Gasteiger partial charge on any atom is -0.462 e. The number of ether oxygens (including phenoxy) is 1. The van der Waals surface area contributed by atoms with Gasteiger partial charge in [-0.25, -0.2) is 0 Å². The fourth-order valence-electron chi connectivity index (χ4n) is 2.33. The standard InChI is InChI=1S/C14H25NO3/c1-11(14(17)15(2)3)9-10-13(16)18-12-7-5-4-6-8-12/h11-12H,4-10H2,1-3H3. The van der Waals surface area contributed by atoms with Crippen molar-refractivity contribution in [1.29, 1.82) is 0 Å². The fourth-order valence-corrected chi connectivity index (χ4v) is 2.33. The van der Waals surface area contributed by atoms with Gasteiger partial charge in [0.1, 0.15) is 6.10 Å². The van der Waals surface area contributed by atoms with Crippen LogP contribution in [-0.2, 0) is 14.3 Å². The summed E-state index contributed by atoms with van der Waals surface area (Å²) in [5.41, 5.74) is 0. The smallest absolute Gasteiger partial charge is 0.306 e. The van der Waals surface area contributed by atoms with Gasteiger partial charge in [-0.2, -0.15) is 0 Å². The molecule has 18 heavy (non-hydrogen) atoms. The quantitative estimate of drug-likeness (QED) is 0.708. The maximum absolute atomic E-state index is 11.7. The molecule has 1 amide bonds. The normalized spacial score (nSPS) is 18.2. The maximum atomic E-state index is 11.7. The van der Waals surface area contributed by atoms with Crippen LogP contribution in [0.15, 0.2) is 0 Å². The molecule has 0 radical (unpaired) electrons. The largest absolute Gasteiger partial charge is 0.462 e. The molecule has 4 heteroatoms. The number of esters is 1. The van der Waals surface area contributed by atoms with Crippen LogP contribution in [0.25, 0.3) is 0 Å². The lowest BCUT2D eigenvalue weighted by Gasteiger charge is -2.22. The Morgan fingerprint density at radius 3 is 2.39 bits per heavy atom. The number of carbonyl (C=O) groups excluding carboxylic acids is 2. The molecule has 0 N–H and O–H groups in total. The lowest BCUT2D eigenvalue weighted by atomic mass is 9.98. The third-order valence-electron chi connectivity index (χ3n) is 3.49. The average molecular weight is 255 g/mol. The molecule has 0 aliphatic heterocycles. The molecule has 4 nitrogen and oxygen atoms in total. The van der Waals surface area contributed by atoms with E-state index in [2.05, 4.69) is 0 Å². The van der Waals surface area contributed by atoms with Crippen LogP contribution in [0.1, 0.15) is 51.9 Å². The van der Waals surface area contributed by atoms with Crippen molar-refractivity contribution in [1.82, 2.24) is 4.90 Å². The van der Waals surface area contributed by atoms with Gasteiger partial charge in [-0.15, -0.1) is 0 Å². The van der Waals surface area contributed by atoms with Crippen LogP contribution in [-0.4, -0.2) is 37.0 Å². The maximum Gasteiger partial charge on any atom is 0.306 e. The molecular weight excluding hydrogens is 230 g/mol. The molecular formula is C14H25NO3. The van der Waals surface area contributed by atoms with E-state index in [0.29, 0.717) is 12.8 Å². The lowest BCUT2D eigenvalue weighted by molar-refractivity contribution is -0.151. The van der Waals surface area contributed by atoms with Crippen LogP contribution >= 0.6 is 0 Å². The summed E-state index contributed by atoms with van der Waals surface area (Å²) < 4.78 is 5.42. The van der Waals surface area contributed by atoms with E-state index in [-0.39, 0.29) is 23.9 Å². The molecule has 1 aliphatic carbocycles. The van der Waals surface area contributed by atoms with Crippen molar-refractivity contribution >= 4 is 11.9 Å². The van der Waals surface area contributed by atoms with E-state index in [9.17, 15) is 9.59 Å². The summed E-state index contributed by atoms with van der Waals surface area (Å²) in [5.74, 6) is -0.195. The van der Waals surface area contributed by atoms with Gasteiger partial charge < -0.3 is 9.64 Å². The summed E-state index contributed by atoms with van der Waals surface area (Å²) in [7, 11) is 3.47. The van der Waals surface area contributed by atoms with Gasteiger partial charge in [0.05, 0.1) is 0 Å². The first-order chi connectivity index (χ1) is 8.50. The molecule has 1 rings (SSSR count). The van der Waals surface area contributed by atoms with E-state index in [1.165, 1.54) is 6.42 Å². The molecule has 1 atom stereocenters. The topological polar surface area (TPSA) is 46.6 Å². The second kappa shape index (κ2) is 7.39. The van der Waals surface area contributed by atoms with E-state index in [4.69, 9.17) is 4.74 Å². The summed E-state index contributed by atoms with van der Waals surface area (Å²) in [6.45, 7) is 1.86. The van der Waals surface area contributed by atoms with E-state index >= 15 is 0 Å². The average Bonchev–Trinajstić information content (AvgIpc) is 2.36. The molecule has 1 fully saturated rings. The molecule has 0 heterocycles. The molecule has 104 valence electrons. The van der Waals surface area contributed by atoms with Crippen molar-refractivity contribution in [3.63, 3.8) is 0 Å². The Bertz CT molecular complexity index is 283. The van der Waals surface area contributed by atoms with Gasteiger partial charge in [-0.1, -0.05) is 13.3 Å². The predicted octanol–water partition coefficient (Wildman–Crippen LogP) is 2.37. The van der Waals surface area contributed by atoms with Gasteiger partial charge in [0, 0.05) is 26.4 Å². The Morgan fingerprint density at radius 1 is 1.22 bits per heavy atom. The molecule has 0 spiro atoms. The van der Waals surface area contributed by atoms with Gasteiger partial charge in [0.15, 0.2) is 0 Å². The van der Waals surface area contributed by atoms with Crippen LogP contribution < -0.4 is 0 Å². The number of rotatable bonds is 5. The highest BCUT2D eigenvalue weighted by Gasteiger charge is 2.20. The third kappa shape index (κ3) is 5.07. The highest BCUT2D eigenvalue weighted by atomic mass is 16.5. The predicted molar refractivity (Wildman–Crippen MR) is 70.1 cm³/mol. The Morgan fingerprint density at radius 2 is 1.83 bits per heavy atom. The second-order valence-corrected chi connectivity index (χ2v) is 5.42. The fraction of sp³-hybridized carbons (Fsp3) is 0.857. The van der Waals surface area contributed by atoms with Crippen molar-refractivity contribution in [3.8, 4) is 0 Å². The summed E-state index contributed by atoms with van der Waals surface area (Å²) in [6, 6.07) is 0. The number of nitrogens with zero attached hydrogens (tertiary/aromatic N) is 1. The number of hydrogen-bond acceptors (Lipinski definition) is 3. The summed E-state index contributed by atoms with van der Waals surface area (Å²) in [6.07, 6.45) is 6.60. The van der Waals surface area contributed by atoms with Crippen molar-refractivity contribution in [2.24, 2.45) is 5.92 Å². The van der Waals surface area contributed by atoms with Gasteiger partial charge in [-0.3, -0.25) is 9.59 Å². The molecule has 1 saturated carbocycles. The first-order valence-electron chi connectivity index (χ1n) is 6.91. The zero-order valence-corrected chi connectivity index (χ0v) is 11.8. The van der Waals surface area contributed by atoms with Crippen LogP contribution in [0, 0.1) is 5.92 Å². The summed E-state index contributed by atoms with van der Waals surface area (Å²) in [5, 5.41) is 0. The van der Waals surface area contributed by atoms with E-state index in [0.717, 1.165) is 25.7 Å². The Labute approximate surface area is 110 Å². The zero-order valence-electron chi connectivity index (χ0n) is 11.8. The molecule has 0 aromatic rings. The minimum absolute atomic E-state index is 0.0699. The van der Waals surface area contributed by atoms with Crippen LogP contribution in [0.2, 0.25) is 0 Å². The highest BCUT2D eigenvalue weighted by molar-refractivity contribution is 5.78. The van der Waals surface area contributed by atoms with Crippen molar-refractivity contribution in [2.45, 2.75) is 58.0 Å². The SMILES string of the molecule is CC(CCC(=O)OC1CCCCC1)C(=O)N(C)C. The molecule has 1 unspecified atom stereocenters. The van der Waals surface area contributed by atoms with E-state index < -0.39 is 0 Å². The van der Waals surface area contributed by atoms with E-state index in [1.807, 2.05) is 6.92 Å². The zero-order chi connectivity index (χ0) is 13.5. The van der Waals surface area contributed by atoms with Crippen LogP contribution in [0.5, 0.6) is 0 Å². The first kappa shape index (κ1) is 15.0. The monoisotopic (exact) mass is 255 g/mol. The summed E-state index contributed by atoms with van der Waals surface area (Å²) >= 11 is 0. The van der Waals surface area contributed by atoms with Gasteiger partial charge in [0.25, 0.3) is 0 Å². The van der Waals surface area contributed by atoms with Gasteiger partial charge >= 0.3 is 5.97 Å². The first-order valence-corrected chi connectivity index (χ1v) is 6.91. The van der Waals surface area contributed by atoms with Gasteiger partial charge in [-0.05, 0) is 32.1 Å².